The maximum Gasteiger partial charge on any atom is 0.250 e. The van der Waals surface area contributed by atoms with Gasteiger partial charge in [0.15, 0.2) is 11.9 Å². The molecule has 162 valence electrons. The summed E-state index contributed by atoms with van der Waals surface area (Å²) in [4.78, 5) is 43.5. The molecule has 0 aromatic rings. The van der Waals surface area contributed by atoms with Gasteiger partial charge in [-0.3, -0.25) is 19.3 Å². The van der Waals surface area contributed by atoms with Gasteiger partial charge in [-0.25, -0.2) is 4.84 Å². The van der Waals surface area contributed by atoms with Crippen molar-refractivity contribution in [3.8, 4) is 0 Å². The molecule has 0 aliphatic carbocycles. The number of aldehydes is 1. The number of nitrogens with zero attached hydrogens (tertiary/aromatic N) is 2. The molecular weight excluding hydrogens is 378 g/mol. The van der Waals surface area contributed by atoms with Crippen LogP contribution < -0.4 is 5.32 Å². The Balaban J connectivity index is 0.00000352. The zero-order chi connectivity index (χ0) is 21.9. The van der Waals surface area contributed by atoms with E-state index < -0.39 is 11.0 Å². The Hall–Kier alpha value is -1.38. The largest absolute Gasteiger partial charge is 0.340 e. The van der Waals surface area contributed by atoms with E-state index in [1.54, 1.807) is 0 Å². The Morgan fingerprint density at radius 1 is 1.43 bits per heavy atom. The highest BCUT2D eigenvalue weighted by Crippen LogP contribution is 2.27. The molecule has 1 rings (SSSR count). The van der Waals surface area contributed by atoms with E-state index in [4.69, 9.17) is 4.84 Å². The van der Waals surface area contributed by atoms with Gasteiger partial charge in [-0.15, -0.1) is 0 Å². The minimum Gasteiger partial charge on any atom is -0.340 e. The SMILES string of the molecule is C=C1CCC(=O)N1OC(C)(C=O)C(S)NC(=O)CN(CCC)C(C)CC.CC. The first-order valence-corrected chi connectivity index (χ1v) is 10.6. The van der Waals surface area contributed by atoms with Crippen molar-refractivity contribution >= 4 is 30.7 Å². The minimum atomic E-state index is -1.49. The highest BCUT2D eigenvalue weighted by molar-refractivity contribution is 7.81. The molecule has 28 heavy (non-hydrogen) atoms. The van der Waals surface area contributed by atoms with Gasteiger partial charge in [0.05, 0.1) is 6.54 Å². The molecule has 0 aromatic carbocycles. The predicted octanol–water partition coefficient (Wildman–Crippen LogP) is 2.92. The molecule has 1 N–H and O–H groups in total. The number of hydrogen-bond acceptors (Lipinski definition) is 6. The summed E-state index contributed by atoms with van der Waals surface area (Å²) in [6, 6.07) is 0.276. The number of amides is 2. The van der Waals surface area contributed by atoms with Crippen molar-refractivity contribution in [3.63, 3.8) is 0 Å². The first-order valence-electron chi connectivity index (χ1n) is 10.1. The maximum absolute atomic E-state index is 12.4. The van der Waals surface area contributed by atoms with E-state index in [2.05, 4.69) is 50.2 Å². The number of nitrogens with one attached hydrogen (secondary N) is 1. The van der Waals surface area contributed by atoms with Gasteiger partial charge in [0.2, 0.25) is 5.91 Å². The summed E-state index contributed by atoms with van der Waals surface area (Å²) in [6.07, 6.45) is 3.20. The smallest absolute Gasteiger partial charge is 0.250 e. The van der Waals surface area contributed by atoms with Gasteiger partial charge in [-0.1, -0.05) is 34.3 Å². The Kier molecular flexibility index (Phi) is 12.3. The molecule has 0 spiro atoms. The highest BCUT2D eigenvalue weighted by Gasteiger charge is 2.40. The van der Waals surface area contributed by atoms with Crippen LogP contribution >= 0.6 is 12.6 Å². The number of carbonyl (C=O) groups is 3. The van der Waals surface area contributed by atoms with Crippen LogP contribution in [-0.4, -0.2) is 58.2 Å². The van der Waals surface area contributed by atoms with Gasteiger partial charge < -0.3 is 5.32 Å². The second-order valence-corrected chi connectivity index (χ2v) is 7.36. The van der Waals surface area contributed by atoms with E-state index in [0.717, 1.165) is 24.4 Å². The van der Waals surface area contributed by atoms with Gasteiger partial charge in [0.1, 0.15) is 5.37 Å². The fraction of sp³-hybridized carbons (Fsp3) is 0.750. The molecule has 2 amide bonds. The van der Waals surface area contributed by atoms with Crippen LogP contribution in [0.15, 0.2) is 12.3 Å². The molecule has 0 bridgehead atoms. The number of allylic oxidation sites excluding steroid dienone is 1. The lowest BCUT2D eigenvalue weighted by molar-refractivity contribution is -0.210. The number of hydrogen-bond donors (Lipinski definition) is 2. The first kappa shape index (κ1) is 26.6. The molecule has 8 heteroatoms. The zero-order valence-corrected chi connectivity index (χ0v) is 19.1. The van der Waals surface area contributed by atoms with Crippen LogP contribution in [0.25, 0.3) is 0 Å². The Morgan fingerprint density at radius 3 is 2.46 bits per heavy atom. The van der Waals surface area contributed by atoms with Crippen molar-refractivity contribution in [3.05, 3.63) is 12.3 Å². The standard InChI is InChI=1S/C18H31N3O4S.C2H6/c1-6-10-20(13(3)7-2)11-15(23)19-17(26)18(5,12-22)25-21-14(4)8-9-16(21)24;1-2/h12-13,17,26H,4,6-11H2,1-3,5H3,(H,19,23);1-2H3. The average molecular weight is 416 g/mol. The molecule has 0 radical (unpaired) electrons. The van der Waals surface area contributed by atoms with Gasteiger partial charge in [-0.05, 0) is 39.7 Å². The first-order chi connectivity index (χ1) is 13.2. The molecule has 1 fully saturated rings. The third-order valence-electron chi connectivity index (χ3n) is 4.58. The maximum atomic E-state index is 12.4. The van der Waals surface area contributed by atoms with Gasteiger partial charge in [0.25, 0.3) is 5.91 Å². The van der Waals surface area contributed by atoms with Crippen LogP contribution in [0.5, 0.6) is 0 Å². The van der Waals surface area contributed by atoms with Crippen molar-refractivity contribution in [1.82, 2.24) is 15.3 Å². The summed E-state index contributed by atoms with van der Waals surface area (Å²) in [5, 5.41) is 2.83. The van der Waals surface area contributed by atoms with Crippen molar-refractivity contribution in [2.24, 2.45) is 0 Å². The summed E-state index contributed by atoms with van der Waals surface area (Å²) in [6.45, 7) is 16.5. The van der Waals surface area contributed by atoms with E-state index in [1.165, 1.54) is 6.92 Å². The number of rotatable bonds is 11. The average Bonchev–Trinajstić information content (AvgIpc) is 3.00. The van der Waals surface area contributed by atoms with Crippen LogP contribution in [0, 0.1) is 0 Å². The Bertz CT molecular complexity index is 528. The monoisotopic (exact) mass is 415 g/mol. The molecule has 7 nitrogen and oxygen atoms in total. The lowest BCUT2D eigenvalue weighted by Gasteiger charge is -2.34. The normalized spacial score (nSPS) is 18.2. The van der Waals surface area contributed by atoms with Crippen molar-refractivity contribution in [2.75, 3.05) is 13.1 Å². The second kappa shape index (κ2) is 13.0. The molecule has 1 aliphatic heterocycles. The topological polar surface area (TPSA) is 79.0 Å². The highest BCUT2D eigenvalue weighted by atomic mass is 32.1. The molecule has 1 heterocycles. The molecular formula is C20H37N3O4S. The summed E-state index contributed by atoms with van der Waals surface area (Å²) in [7, 11) is 0. The van der Waals surface area contributed by atoms with E-state index in [0.29, 0.717) is 18.4 Å². The fourth-order valence-corrected chi connectivity index (χ4v) is 2.86. The molecule has 3 unspecified atom stereocenters. The van der Waals surface area contributed by atoms with E-state index in [-0.39, 0.29) is 30.8 Å². The lowest BCUT2D eigenvalue weighted by atomic mass is 10.1. The minimum absolute atomic E-state index is 0.212. The molecule has 0 saturated carbocycles. The summed E-state index contributed by atoms with van der Waals surface area (Å²) in [5.74, 6) is -0.511. The van der Waals surface area contributed by atoms with Crippen LogP contribution in [0.3, 0.4) is 0 Å². The third-order valence-corrected chi connectivity index (χ3v) is 5.22. The molecule has 3 atom stereocenters. The quantitative estimate of drug-likeness (QED) is 0.308. The van der Waals surface area contributed by atoms with Crippen molar-refractivity contribution in [2.45, 2.75) is 84.2 Å². The zero-order valence-electron chi connectivity index (χ0n) is 18.2. The van der Waals surface area contributed by atoms with Crippen LogP contribution in [-0.2, 0) is 19.2 Å². The molecule has 1 saturated heterocycles. The fourth-order valence-electron chi connectivity index (χ4n) is 2.61. The number of thiol groups is 1. The Morgan fingerprint density at radius 2 is 2.04 bits per heavy atom. The van der Waals surface area contributed by atoms with Gasteiger partial charge in [0, 0.05) is 18.2 Å². The summed E-state index contributed by atoms with van der Waals surface area (Å²) in [5.41, 5.74) is -1.01. The summed E-state index contributed by atoms with van der Waals surface area (Å²) >= 11 is 4.34. The van der Waals surface area contributed by atoms with Gasteiger partial charge in [-0.2, -0.15) is 17.7 Å². The van der Waals surface area contributed by atoms with Crippen LogP contribution in [0.4, 0.5) is 0 Å². The van der Waals surface area contributed by atoms with E-state index in [1.807, 2.05) is 13.8 Å². The summed E-state index contributed by atoms with van der Waals surface area (Å²) < 4.78 is 0. The van der Waals surface area contributed by atoms with Crippen LogP contribution in [0.2, 0.25) is 0 Å². The lowest BCUT2D eigenvalue weighted by Crippen LogP contribution is -2.55. The number of hydroxylamine groups is 2. The van der Waals surface area contributed by atoms with Crippen LogP contribution in [0.1, 0.15) is 67.2 Å². The van der Waals surface area contributed by atoms with Crippen molar-refractivity contribution < 1.29 is 19.2 Å². The van der Waals surface area contributed by atoms with Crippen molar-refractivity contribution in [1.29, 1.82) is 0 Å². The third kappa shape index (κ3) is 7.56. The second-order valence-electron chi connectivity index (χ2n) is 6.85. The Labute approximate surface area is 175 Å². The predicted molar refractivity (Wildman–Crippen MR) is 115 cm³/mol. The van der Waals surface area contributed by atoms with Gasteiger partial charge >= 0.3 is 0 Å². The molecule has 0 aromatic heterocycles. The van der Waals surface area contributed by atoms with E-state index in [9.17, 15) is 14.4 Å². The number of carbonyl (C=O) groups excluding carboxylic acids is 3. The molecule has 1 aliphatic rings. The van der Waals surface area contributed by atoms with E-state index >= 15 is 0 Å².